The summed E-state index contributed by atoms with van der Waals surface area (Å²) in [5, 5.41) is 13.1. The van der Waals surface area contributed by atoms with Gasteiger partial charge < -0.3 is 10.0 Å². The van der Waals surface area contributed by atoms with Crippen LogP contribution in [0.3, 0.4) is 0 Å². The zero-order valence-electron chi connectivity index (χ0n) is 9.88. The molecule has 92 valence electrons. The lowest BCUT2D eigenvalue weighted by molar-refractivity contribution is -0.141. The van der Waals surface area contributed by atoms with Crippen molar-refractivity contribution in [2.45, 2.75) is 25.8 Å². The number of hydrogen-bond donors (Lipinski definition) is 1. The summed E-state index contributed by atoms with van der Waals surface area (Å²) in [5.41, 5.74) is 1.19. The molecule has 1 atom stereocenters. The van der Waals surface area contributed by atoms with Crippen molar-refractivity contribution in [2.24, 2.45) is 7.05 Å². The number of aliphatic carboxylic acids is 1. The molecule has 0 aromatic carbocycles. The highest BCUT2D eigenvalue weighted by atomic mass is 16.4. The molecule has 1 aliphatic rings. The van der Waals surface area contributed by atoms with E-state index in [2.05, 4.69) is 5.10 Å². The molecule has 1 fully saturated rings. The first kappa shape index (κ1) is 11.6. The molecule has 17 heavy (non-hydrogen) atoms. The SMILES string of the molecule is Cc1cc(C(=O)N2CCCC2C(=O)O)nn1C. The van der Waals surface area contributed by atoms with Crippen LogP contribution in [0.1, 0.15) is 29.0 Å². The second kappa shape index (κ2) is 4.20. The van der Waals surface area contributed by atoms with Gasteiger partial charge in [0.05, 0.1) is 0 Å². The molecule has 0 radical (unpaired) electrons. The molecular weight excluding hydrogens is 222 g/mol. The van der Waals surface area contributed by atoms with Gasteiger partial charge in [0.25, 0.3) is 5.91 Å². The molecule has 2 rings (SSSR count). The third kappa shape index (κ3) is 2.02. The van der Waals surface area contributed by atoms with Crippen molar-refractivity contribution >= 4 is 11.9 Å². The van der Waals surface area contributed by atoms with Gasteiger partial charge in [-0.25, -0.2) is 4.79 Å². The Morgan fingerprint density at radius 1 is 1.53 bits per heavy atom. The number of rotatable bonds is 2. The van der Waals surface area contributed by atoms with Crippen LogP contribution < -0.4 is 0 Å². The maximum absolute atomic E-state index is 12.1. The number of nitrogens with zero attached hydrogens (tertiary/aromatic N) is 3. The van der Waals surface area contributed by atoms with Crippen molar-refractivity contribution in [3.05, 3.63) is 17.5 Å². The molecule has 1 N–H and O–H groups in total. The van der Waals surface area contributed by atoms with E-state index in [1.54, 1.807) is 17.8 Å². The number of amides is 1. The largest absolute Gasteiger partial charge is 0.480 e. The van der Waals surface area contributed by atoms with Gasteiger partial charge in [0, 0.05) is 19.3 Å². The molecule has 1 unspecified atom stereocenters. The minimum atomic E-state index is -0.941. The maximum atomic E-state index is 12.1. The standard InChI is InChI=1S/C11H15N3O3/c1-7-6-8(12-13(7)2)10(15)14-5-3-4-9(14)11(16)17/h6,9H,3-5H2,1-2H3,(H,16,17). The number of carboxylic acid groups (broad SMARTS) is 1. The molecular formula is C11H15N3O3. The van der Waals surface area contributed by atoms with Crippen LogP contribution in [0.5, 0.6) is 0 Å². The quantitative estimate of drug-likeness (QED) is 0.808. The number of carboxylic acids is 1. The molecule has 6 nitrogen and oxygen atoms in total. The van der Waals surface area contributed by atoms with Gasteiger partial charge in [-0.2, -0.15) is 5.10 Å². The molecule has 0 spiro atoms. The summed E-state index contributed by atoms with van der Waals surface area (Å²) in [5.74, 6) is -1.23. The van der Waals surface area contributed by atoms with E-state index >= 15 is 0 Å². The monoisotopic (exact) mass is 237 g/mol. The fourth-order valence-electron chi connectivity index (χ4n) is 2.08. The van der Waals surface area contributed by atoms with Gasteiger partial charge in [-0.15, -0.1) is 0 Å². The summed E-state index contributed by atoms with van der Waals surface area (Å²) in [6.45, 7) is 2.34. The number of carbonyl (C=O) groups is 2. The molecule has 1 saturated heterocycles. The van der Waals surface area contributed by atoms with E-state index in [1.165, 1.54) is 4.90 Å². The van der Waals surface area contributed by atoms with Crippen molar-refractivity contribution in [2.75, 3.05) is 6.54 Å². The zero-order valence-corrected chi connectivity index (χ0v) is 9.88. The van der Waals surface area contributed by atoms with E-state index in [9.17, 15) is 9.59 Å². The number of aryl methyl sites for hydroxylation is 2. The fraction of sp³-hybridized carbons (Fsp3) is 0.545. The van der Waals surface area contributed by atoms with Crippen LogP contribution in [0.2, 0.25) is 0 Å². The highest BCUT2D eigenvalue weighted by molar-refractivity contribution is 5.95. The second-order valence-corrected chi connectivity index (χ2v) is 4.29. The van der Waals surface area contributed by atoms with Gasteiger partial charge in [0.15, 0.2) is 5.69 Å². The Bertz CT molecular complexity index is 447. The highest BCUT2D eigenvalue weighted by Gasteiger charge is 2.35. The molecule has 0 saturated carbocycles. The summed E-state index contributed by atoms with van der Waals surface area (Å²) in [4.78, 5) is 24.5. The van der Waals surface area contributed by atoms with Crippen LogP contribution in [-0.4, -0.2) is 44.3 Å². The van der Waals surface area contributed by atoms with Gasteiger partial charge in [-0.05, 0) is 25.8 Å². The van der Waals surface area contributed by atoms with Crippen molar-refractivity contribution in [1.82, 2.24) is 14.7 Å². The molecule has 1 aliphatic heterocycles. The zero-order chi connectivity index (χ0) is 12.6. The number of carbonyl (C=O) groups excluding carboxylic acids is 1. The smallest absolute Gasteiger partial charge is 0.326 e. The van der Waals surface area contributed by atoms with Crippen LogP contribution in [0.15, 0.2) is 6.07 Å². The first-order valence-electron chi connectivity index (χ1n) is 5.55. The Kier molecular flexibility index (Phi) is 2.87. The average Bonchev–Trinajstić information content (AvgIpc) is 2.85. The molecule has 1 aromatic heterocycles. The third-order valence-corrected chi connectivity index (χ3v) is 3.13. The van der Waals surface area contributed by atoms with Gasteiger partial charge >= 0.3 is 5.97 Å². The van der Waals surface area contributed by atoms with E-state index in [0.29, 0.717) is 18.7 Å². The average molecular weight is 237 g/mol. The van der Waals surface area contributed by atoms with E-state index in [1.807, 2.05) is 6.92 Å². The van der Waals surface area contributed by atoms with Gasteiger partial charge in [-0.1, -0.05) is 0 Å². The second-order valence-electron chi connectivity index (χ2n) is 4.29. The van der Waals surface area contributed by atoms with Crippen LogP contribution in [0, 0.1) is 6.92 Å². The molecule has 1 aromatic rings. The highest BCUT2D eigenvalue weighted by Crippen LogP contribution is 2.20. The first-order valence-corrected chi connectivity index (χ1v) is 5.55. The number of aromatic nitrogens is 2. The Labute approximate surface area is 98.8 Å². The predicted molar refractivity (Wildman–Crippen MR) is 59.6 cm³/mol. The normalized spacial score (nSPS) is 19.6. The fourth-order valence-corrected chi connectivity index (χ4v) is 2.08. The Morgan fingerprint density at radius 2 is 2.24 bits per heavy atom. The Balaban J connectivity index is 2.22. The van der Waals surface area contributed by atoms with Crippen molar-refractivity contribution < 1.29 is 14.7 Å². The van der Waals surface area contributed by atoms with Crippen LogP contribution in [-0.2, 0) is 11.8 Å². The van der Waals surface area contributed by atoms with Crippen LogP contribution >= 0.6 is 0 Å². The summed E-state index contributed by atoms with van der Waals surface area (Å²) >= 11 is 0. The van der Waals surface area contributed by atoms with E-state index in [0.717, 1.165) is 12.1 Å². The molecule has 1 amide bonds. The molecule has 0 bridgehead atoms. The van der Waals surface area contributed by atoms with Gasteiger partial charge in [0.2, 0.25) is 0 Å². The summed E-state index contributed by atoms with van der Waals surface area (Å²) in [6, 6.07) is 0.976. The topological polar surface area (TPSA) is 75.4 Å². The molecule has 0 aliphatic carbocycles. The lowest BCUT2D eigenvalue weighted by Crippen LogP contribution is -2.40. The molecule has 6 heteroatoms. The predicted octanol–water partition coefficient (Wildman–Crippen LogP) is 0.418. The summed E-state index contributed by atoms with van der Waals surface area (Å²) in [6.07, 6.45) is 1.25. The lowest BCUT2D eigenvalue weighted by Gasteiger charge is -2.19. The Hall–Kier alpha value is -1.85. The van der Waals surface area contributed by atoms with Crippen molar-refractivity contribution in [1.29, 1.82) is 0 Å². The van der Waals surface area contributed by atoms with Crippen LogP contribution in [0.4, 0.5) is 0 Å². The lowest BCUT2D eigenvalue weighted by atomic mass is 10.2. The van der Waals surface area contributed by atoms with Crippen LogP contribution in [0.25, 0.3) is 0 Å². The van der Waals surface area contributed by atoms with Crippen molar-refractivity contribution in [3.8, 4) is 0 Å². The first-order chi connectivity index (χ1) is 8.00. The van der Waals surface area contributed by atoms with E-state index in [4.69, 9.17) is 5.11 Å². The van der Waals surface area contributed by atoms with E-state index in [-0.39, 0.29) is 5.91 Å². The van der Waals surface area contributed by atoms with Crippen molar-refractivity contribution in [3.63, 3.8) is 0 Å². The number of likely N-dealkylation sites (tertiary alicyclic amines) is 1. The minimum absolute atomic E-state index is 0.293. The third-order valence-electron chi connectivity index (χ3n) is 3.13. The number of hydrogen-bond acceptors (Lipinski definition) is 3. The van der Waals surface area contributed by atoms with Gasteiger partial charge in [0.1, 0.15) is 6.04 Å². The van der Waals surface area contributed by atoms with Gasteiger partial charge in [-0.3, -0.25) is 9.48 Å². The minimum Gasteiger partial charge on any atom is -0.480 e. The summed E-state index contributed by atoms with van der Waals surface area (Å²) < 4.78 is 1.61. The maximum Gasteiger partial charge on any atom is 0.326 e. The molecule has 2 heterocycles. The Morgan fingerprint density at radius 3 is 2.76 bits per heavy atom. The summed E-state index contributed by atoms with van der Waals surface area (Å²) in [7, 11) is 1.75. The van der Waals surface area contributed by atoms with E-state index < -0.39 is 12.0 Å².